The van der Waals surface area contributed by atoms with Crippen LogP contribution < -0.4 is 10.6 Å². The molecule has 1 atom stereocenters. The van der Waals surface area contributed by atoms with Crippen LogP contribution in [0.25, 0.3) is 5.69 Å². The van der Waals surface area contributed by atoms with E-state index in [4.69, 9.17) is 9.84 Å². The standard InChI is InChI=1S/C27H29FN3P/c1-20-26(21(2)31(29-20)24-12-8-6-9-13-24)32(27(3,4)5,25-14-10-7-11-15-25)30-23-18-16-22(28)17-19-23/h6-19H,1-5H3. The van der Waals surface area contributed by atoms with Crippen molar-refractivity contribution in [1.82, 2.24) is 9.78 Å². The van der Waals surface area contributed by atoms with Gasteiger partial charge in [-0.2, -0.15) is 5.10 Å². The molecule has 164 valence electrons. The first-order chi connectivity index (χ1) is 15.2. The lowest BCUT2D eigenvalue weighted by atomic mass is 10.2. The van der Waals surface area contributed by atoms with Crippen LogP contribution in [-0.2, 0) is 0 Å². The van der Waals surface area contributed by atoms with Crippen LogP contribution in [0.1, 0.15) is 32.2 Å². The Kier molecular flexibility index (Phi) is 5.92. The van der Waals surface area contributed by atoms with Crippen LogP contribution in [0.5, 0.6) is 0 Å². The van der Waals surface area contributed by atoms with Gasteiger partial charge >= 0.3 is 0 Å². The lowest BCUT2D eigenvalue weighted by Crippen LogP contribution is -2.32. The van der Waals surface area contributed by atoms with E-state index in [-0.39, 0.29) is 11.0 Å². The zero-order valence-corrected chi connectivity index (χ0v) is 20.1. The van der Waals surface area contributed by atoms with Crippen LogP contribution in [0.3, 0.4) is 0 Å². The molecule has 0 saturated carbocycles. The fourth-order valence-electron chi connectivity index (χ4n) is 4.36. The summed E-state index contributed by atoms with van der Waals surface area (Å²) in [5, 5.41) is 7.15. The van der Waals surface area contributed by atoms with Crippen LogP contribution in [0.2, 0.25) is 0 Å². The predicted molar refractivity (Wildman–Crippen MR) is 134 cm³/mol. The number of rotatable bonds is 4. The molecule has 0 aliphatic heterocycles. The first-order valence-electron chi connectivity index (χ1n) is 10.8. The molecule has 1 unspecified atom stereocenters. The van der Waals surface area contributed by atoms with E-state index in [1.54, 1.807) is 12.1 Å². The second-order valence-corrected chi connectivity index (χ2v) is 12.8. The van der Waals surface area contributed by atoms with Crippen molar-refractivity contribution in [1.29, 1.82) is 0 Å². The average molecular weight is 446 g/mol. The van der Waals surface area contributed by atoms with Crippen LogP contribution in [0, 0.1) is 19.7 Å². The Morgan fingerprint density at radius 2 is 1.38 bits per heavy atom. The molecular weight excluding hydrogens is 416 g/mol. The van der Waals surface area contributed by atoms with E-state index in [9.17, 15) is 4.39 Å². The van der Waals surface area contributed by atoms with E-state index in [0.29, 0.717) is 0 Å². The van der Waals surface area contributed by atoms with Gasteiger partial charge in [0.25, 0.3) is 0 Å². The van der Waals surface area contributed by atoms with Crippen molar-refractivity contribution in [3.63, 3.8) is 0 Å². The Hall–Kier alpha value is -2.97. The number of hydrogen-bond donors (Lipinski definition) is 0. The molecule has 4 aromatic rings. The van der Waals surface area contributed by atoms with Crippen LogP contribution in [0.4, 0.5) is 10.1 Å². The lowest BCUT2D eigenvalue weighted by Gasteiger charge is -2.38. The van der Waals surface area contributed by atoms with Crippen molar-refractivity contribution in [3.05, 3.63) is 102 Å². The van der Waals surface area contributed by atoms with E-state index < -0.39 is 7.05 Å². The number of benzene rings is 3. The van der Waals surface area contributed by atoms with Gasteiger partial charge in [-0.25, -0.2) is 9.07 Å². The Labute approximate surface area is 190 Å². The molecule has 4 rings (SSSR count). The Morgan fingerprint density at radius 1 is 0.812 bits per heavy atom. The van der Waals surface area contributed by atoms with Crippen LogP contribution >= 0.6 is 7.05 Å². The fourth-order valence-corrected chi connectivity index (χ4v) is 8.74. The van der Waals surface area contributed by atoms with Gasteiger partial charge in [0.1, 0.15) is 5.82 Å². The minimum absolute atomic E-state index is 0.192. The predicted octanol–water partition coefficient (Wildman–Crippen LogP) is 6.91. The topological polar surface area (TPSA) is 30.2 Å². The fraction of sp³-hybridized carbons (Fsp3) is 0.222. The molecule has 3 nitrogen and oxygen atoms in total. The van der Waals surface area contributed by atoms with E-state index in [1.165, 1.54) is 22.7 Å². The first kappa shape index (κ1) is 22.2. The molecule has 0 spiro atoms. The summed E-state index contributed by atoms with van der Waals surface area (Å²) >= 11 is 0. The van der Waals surface area contributed by atoms with Crippen LogP contribution in [-0.4, -0.2) is 14.9 Å². The molecule has 0 bridgehead atoms. The monoisotopic (exact) mass is 445 g/mol. The van der Waals surface area contributed by atoms with Gasteiger partial charge in [-0.3, -0.25) is 4.74 Å². The second kappa shape index (κ2) is 8.52. The molecule has 0 N–H and O–H groups in total. The SMILES string of the molecule is Cc1nn(-c2ccccc2)c(C)c1P(=Nc1ccc(F)cc1)(c1ccccc1)C(C)(C)C. The van der Waals surface area contributed by atoms with Gasteiger partial charge < -0.3 is 0 Å². The third-order valence-corrected chi connectivity index (χ3v) is 10.6. The Balaban J connectivity index is 2.12. The summed E-state index contributed by atoms with van der Waals surface area (Å²) in [7, 11) is -2.38. The van der Waals surface area contributed by atoms with Gasteiger partial charge in [0, 0.05) is 17.5 Å². The zero-order valence-electron chi connectivity index (χ0n) is 19.2. The van der Waals surface area contributed by atoms with Gasteiger partial charge in [-0.1, -0.05) is 69.3 Å². The summed E-state index contributed by atoms with van der Waals surface area (Å²) in [5.41, 5.74) is 3.88. The minimum Gasteiger partial charge on any atom is -0.258 e. The summed E-state index contributed by atoms with van der Waals surface area (Å²) in [6.07, 6.45) is 0. The highest BCUT2D eigenvalue weighted by atomic mass is 31.2. The highest BCUT2D eigenvalue weighted by Crippen LogP contribution is 2.61. The highest BCUT2D eigenvalue weighted by Gasteiger charge is 2.41. The molecule has 0 aliphatic carbocycles. The van der Waals surface area contributed by atoms with Crippen molar-refractivity contribution < 1.29 is 4.39 Å². The Bertz CT molecular complexity index is 1270. The van der Waals surface area contributed by atoms with Gasteiger partial charge in [-0.05, 0) is 55.6 Å². The molecule has 32 heavy (non-hydrogen) atoms. The molecule has 3 aromatic carbocycles. The summed E-state index contributed by atoms with van der Waals surface area (Å²) in [6, 6.07) is 27.2. The third kappa shape index (κ3) is 3.84. The number of hydrogen-bond acceptors (Lipinski definition) is 2. The first-order valence-corrected chi connectivity index (χ1v) is 12.5. The lowest BCUT2D eigenvalue weighted by molar-refractivity contribution is 0.628. The normalized spacial score (nSPS) is 13.6. The van der Waals surface area contributed by atoms with Gasteiger partial charge in [0.05, 0.1) is 22.8 Å². The van der Waals surface area contributed by atoms with Gasteiger partial charge in [-0.15, -0.1) is 0 Å². The number of halogens is 1. The third-order valence-electron chi connectivity index (χ3n) is 5.77. The maximum Gasteiger partial charge on any atom is 0.123 e. The number of aromatic nitrogens is 2. The molecule has 0 saturated heterocycles. The molecule has 0 amide bonds. The van der Waals surface area contributed by atoms with Gasteiger partial charge in [0.2, 0.25) is 0 Å². The zero-order chi connectivity index (χ0) is 22.9. The Morgan fingerprint density at radius 3 is 1.94 bits per heavy atom. The van der Waals surface area contributed by atoms with Crippen molar-refractivity contribution in [2.24, 2.45) is 4.74 Å². The van der Waals surface area contributed by atoms with E-state index in [2.05, 4.69) is 71.0 Å². The van der Waals surface area contributed by atoms with Crippen molar-refractivity contribution in [2.45, 2.75) is 39.8 Å². The van der Waals surface area contributed by atoms with E-state index in [0.717, 1.165) is 22.8 Å². The number of para-hydroxylation sites is 1. The summed E-state index contributed by atoms with van der Waals surface area (Å²) < 4.78 is 21.2. The minimum atomic E-state index is -2.38. The summed E-state index contributed by atoms with van der Waals surface area (Å²) in [5.74, 6) is -0.257. The quantitative estimate of drug-likeness (QED) is 0.314. The van der Waals surface area contributed by atoms with Gasteiger partial charge in [0.15, 0.2) is 0 Å². The van der Waals surface area contributed by atoms with E-state index in [1.807, 2.05) is 28.9 Å². The average Bonchev–Trinajstić information content (AvgIpc) is 3.08. The maximum atomic E-state index is 13.7. The molecule has 5 heteroatoms. The molecule has 0 radical (unpaired) electrons. The molecule has 0 aliphatic rings. The van der Waals surface area contributed by atoms with Crippen molar-refractivity contribution in [3.8, 4) is 5.69 Å². The molecule has 1 aromatic heterocycles. The number of aryl methyl sites for hydroxylation is 1. The summed E-state index contributed by atoms with van der Waals surface area (Å²) in [6.45, 7) is 11.0. The molecule has 0 fully saturated rings. The summed E-state index contributed by atoms with van der Waals surface area (Å²) in [4.78, 5) is 0. The smallest absolute Gasteiger partial charge is 0.123 e. The molecule has 1 heterocycles. The second-order valence-electron chi connectivity index (χ2n) is 8.98. The van der Waals surface area contributed by atoms with Crippen molar-refractivity contribution >= 4 is 23.4 Å². The largest absolute Gasteiger partial charge is 0.258 e. The maximum absolute atomic E-state index is 13.7. The molecular formula is C27H29FN3P. The van der Waals surface area contributed by atoms with E-state index >= 15 is 0 Å². The van der Waals surface area contributed by atoms with Crippen molar-refractivity contribution in [2.75, 3.05) is 0 Å². The number of nitrogens with zero attached hydrogens (tertiary/aromatic N) is 3. The highest BCUT2D eigenvalue weighted by molar-refractivity contribution is 7.82. The van der Waals surface area contributed by atoms with Crippen LogP contribution in [0.15, 0.2) is 89.7 Å².